The summed E-state index contributed by atoms with van der Waals surface area (Å²) in [5.74, 6) is 0. The maximum atomic E-state index is 10.7. The summed E-state index contributed by atoms with van der Waals surface area (Å²) in [4.78, 5) is 12.9. The Kier molecular flexibility index (Phi) is 6.89. The Morgan fingerprint density at radius 3 is 2.76 bits per heavy atom. The van der Waals surface area contributed by atoms with Crippen molar-refractivity contribution in [1.82, 2.24) is 10.2 Å². The first-order chi connectivity index (χ1) is 10.0. The lowest BCUT2D eigenvalue weighted by Crippen LogP contribution is -2.36. The number of aryl methyl sites for hydroxylation is 1. The van der Waals surface area contributed by atoms with Crippen molar-refractivity contribution in [2.45, 2.75) is 32.4 Å². The standard InChI is InChI=1S/C18H26N2O/c1-6-16-10-9-14(2)12-17(16)13-20(5)18(8-7-11-21)15(3)19-4/h6,9-12,18-19H,1,3,7-8,13H2,2,4-5H3. The van der Waals surface area contributed by atoms with Crippen molar-refractivity contribution in [3.63, 3.8) is 0 Å². The zero-order valence-corrected chi connectivity index (χ0v) is 13.4. The number of rotatable bonds is 9. The monoisotopic (exact) mass is 286 g/mol. The Morgan fingerprint density at radius 1 is 1.48 bits per heavy atom. The highest BCUT2D eigenvalue weighted by Gasteiger charge is 2.18. The maximum Gasteiger partial charge on any atom is 0.120 e. The zero-order valence-electron chi connectivity index (χ0n) is 13.4. The highest BCUT2D eigenvalue weighted by molar-refractivity contribution is 5.53. The quantitative estimate of drug-likeness (QED) is 0.708. The van der Waals surface area contributed by atoms with E-state index in [4.69, 9.17) is 0 Å². The van der Waals surface area contributed by atoms with Crippen LogP contribution in [0, 0.1) is 6.92 Å². The lowest BCUT2D eigenvalue weighted by Gasteiger charge is -2.30. The van der Waals surface area contributed by atoms with Gasteiger partial charge < -0.3 is 10.1 Å². The number of nitrogens with one attached hydrogen (secondary N) is 1. The summed E-state index contributed by atoms with van der Waals surface area (Å²) < 4.78 is 0. The Labute approximate surface area is 128 Å². The molecule has 0 bridgehead atoms. The van der Waals surface area contributed by atoms with Crippen LogP contribution in [0.5, 0.6) is 0 Å². The van der Waals surface area contributed by atoms with Crippen LogP contribution in [0.3, 0.4) is 0 Å². The largest absolute Gasteiger partial charge is 0.391 e. The number of carbonyl (C=O) groups is 1. The molecule has 0 aliphatic rings. The molecular formula is C18H26N2O. The van der Waals surface area contributed by atoms with Crippen molar-refractivity contribution in [2.24, 2.45) is 0 Å². The number of nitrogens with zero attached hydrogens (tertiary/aromatic N) is 1. The van der Waals surface area contributed by atoms with Gasteiger partial charge in [-0.1, -0.05) is 43.0 Å². The summed E-state index contributed by atoms with van der Waals surface area (Å²) in [6, 6.07) is 6.51. The smallest absolute Gasteiger partial charge is 0.120 e. The highest BCUT2D eigenvalue weighted by atomic mass is 16.1. The number of likely N-dealkylation sites (N-methyl/N-ethyl adjacent to an activating group) is 2. The molecule has 1 N–H and O–H groups in total. The molecule has 0 saturated carbocycles. The number of carbonyl (C=O) groups excluding carboxylic acids is 1. The van der Waals surface area contributed by atoms with E-state index in [0.29, 0.717) is 6.42 Å². The van der Waals surface area contributed by atoms with Gasteiger partial charge in [-0.2, -0.15) is 0 Å². The first kappa shape index (κ1) is 17.2. The van der Waals surface area contributed by atoms with Crippen molar-refractivity contribution in [3.8, 4) is 0 Å². The molecule has 0 heterocycles. The molecule has 1 rings (SSSR count). The minimum atomic E-state index is 0.137. The Balaban J connectivity index is 2.92. The van der Waals surface area contributed by atoms with Crippen LogP contribution in [0.2, 0.25) is 0 Å². The van der Waals surface area contributed by atoms with Crippen LogP contribution in [0.25, 0.3) is 6.08 Å². The molecule has 3 heteroatoms. The maximum absolute atomic E-state index is 10.7. The highest BCUT2D eigenvalue weighted by Crippen LogP contribution is 2.19. The fraction of sp³-hybridized carbons (Fsp3) is 0.389. The molecule has 0 amide bonds. The minimum absolute atomic E-state index is 0.137. The van der Waals surface area contributed by atoms with Gasteiger partial charge in [-0.3, -0.25) is 4.90 Å². The topological polar surface area (TPSA) is 32.3 Å². The van der Waals surface area contributed by atoms with Gasteiger partial charge in [0.1, 0.15) is 6.29 Å². The van der Waals surface area contributed by atoms with Crippen LogP contribution >= 0.6 is 0 Å². The van der Waals surface area contributed by atoms with Gasteiger partial charge >= 0.3 is 0 Å². The third-order valence-corrected chi connectivity index (χ3v) is 3.75. The molecule has 1 unspecified atom stereocenters. The van der Waals surface area contributed by atoms with E-state index in [0.717, 1.165) is 30.5 Å². The van der Waals surface area contributed by atoms with E-state index in [1.54, 1.807) is 0 Å². The predicted molar refractivity (Wildman–Crippen MR) is 90.0 cm³/mol. The fourth-order valence-corrected chi connectivity index (χ4v) is 2.50. The van der Waals surface area contributed by atoms with E-state index >= 15 is 0 Å². The van der Waals surface area contributed by atoms with Crippen LogP contribution < -0.4 is 5.32 Å². The molecule has 0 aliphatic heterocycles. The van der Waals surface area contributed by atoms with Crippen LogP contribution in [-0.2, 0) is 11.3 Å². The van der Waals surface area contributed by atoms with Gasteiger partial charge in [-0.15, -0.1) is 0 Å². The molecule has 0 saturated heterocycles. The molecule has 0 fully saturated rings. The van der Waals surface area contributed by atoms with E-state index in [2.05, 4.69) is 55.5 Å². The number of benzene rings is 1. The average Bonchev–Trinajstić information content (AvgIpc) is 2.47. The number of hydrogen-bond donors (Lipinski definition) is 1. The summed E-state index contributed by atoms with van der Waals surface area (Å²) in [6.07, 6.45) is 4.16. The Hall–Kier alpha value is -1.87. The van der Waals surface area contributed by atoms with E-state index in [1.165, 1.54) is 11.1 Å². The van der Waals surface area contributed by atoms with Crippen LogP contribution in [0.4, 0.5) is 0 Å². The van der Waals surface area contributed by atoms with E-state index in [-0.39, 0.29) is 6.04 Å². The van der Waals surface area contributed by atoms with Gasteiger partial charge in [0.05, 0.1) is 0 Å². The van der Waals surface area contributed by atoms with Crippen molar-refractivity contribution in [3.05, 3.63) is 53.7 Å². The second-order valence-electron chi connectivity index (χ2n) is 5.36. The van der Waals surface area contributed by atoms with Crippen molar-refractivity contribution in [1.29, 1.82) is 0 Å². The Morgan fingerprint density at radius 2 is 2.19 bits per heavy atom. The van der Waals surface area contributed by atoms with Gasteiger partial charge in [-0.25, -0.2) is 0 Å². The second-order valence-corrected chi connectivity index (χ2v) is 5.36. The van der Waals surface area contributed by atoms with Crippen LogP contribution in [-0.4, -0.2) is 31.3 Å². The molecule has 21 heavy (non-hydrogen) atoms. The number of hydrogen-bond acceptors (Lipinski definition) is 3. The van der Waals surface area contributed by atoms with Gasteiger partial charge in [0.25, 0.3) is 0 Å². The molecule has 1 aromatic carbocycles. The zero-order chi connectivity index (χ0) is 15.8. The minimum Gasteiger partial charge on any atom is -0.391 e. The molecule has 0 aromatic heterocycles. The second kappa shape index (κ2) is 8.42. The van der Waals surface area contributed by atoms with E-state index < -0.39 is 0 Å². The molecule has 3 nitrogen and oxygen atoms in total. The molecule has 114 valence electrons. The van der Waals surface area contributed by atoms with Gasteiger partial charge in [-0.05, 0) is 31.5 Å². The fourth-order valence-electron chi connectivity index (χ4n) is 2.50. The lowest BCUT2D eigenvalue weighted by atomic mass is 10.0. The summed E-state index contributed by atoms with van der Waals surface area (Å²) in [5.41, 5.74) is 4.57. The summed E-state index contributed by atoms with van der Waals surface area (Å²) in [5, 5.41) is 3.11. The third-order valence-electron chi connectivity index (χ3n) is 3.75. The first-order valence-corrected chi connectivity index (χ1v) is 7.25. The van der Waals surface area contributed by atoms with E-state index in [1.807, 2.05) is 13.1 Å². The molecule has 0 radical (unpaired) electrons. The Bertz CT molecular complexity index is 508. The van der Waals surface area contributed by atoms with Crippen molar-refractivity contribution in [2.75, 3.05) is 14.1 Å². The van der Waals surface area contributed by atoms with Crippen molar-refractivity contribution < 1.29 is 4.79 Å². The third kappa shape index (κ3) is 4.87. The summed E-state index contributed by atoms with van der Waals surface area (Å²) in [6.45, 7) is 10.8. The van der Waals surface area contributed by atoms with Crippen molar-refractivity contribution >= 4 is 12.4 Å². The molecule has 1 aromatic rings. The normalized spacial score (nSPS) is 12.0. The lowest BCUT2D eigenvalue weighted by molar-refractivity contribution is -0.108. The van der Waals surface area contributed by atoms with E-state index in [9.17, 15) is 4.79 Å². The summed E-state index contributed by atoms with van der Waals surface area (Å²) >= 11 is 0. The van der Waals surface area contributed by atoms with Gasteiger partial charge in [0.15, 0.2) is 0 Å². The predicted octanol–water partition coefficient (Wildman–Crippen LogP) is 3.15. The van der Waals surface area contributed by atoms with Gasteiger partial charge in [0.2, 0.25) is 0 Å². The van der Waals surface area contributed by atoms with Crippen LogP contribution in [0.15, 0.2) is 37.1 Å². The SMILES string of the molecule is C=Cc1ccc(C)cc1CN(C)C(CCC=O)C(=C)NC. The number of aldehydes is 1. The molecule has 0 aliphatic carbocycles. The molecule has 0 spiro atoms. The summed E-state index contributed by atoms with van der Waals surface area (Å²) in [7, 11) is 3.93. The first-order valence-electron chi connectivity index (χ1n) is 7.25. The molecular weight excluding hydrogens is 260 g/mol. The average molecular weight is 286 g/mol. The van der Waals surface area contributed by atoms with Gasteiger partial charge in [0, 0.05) is 31.8 Å². The van der Waals surface area contributed by atoms with Crippen LogP contribution in [0.1, 0.15) is 29.5 Å². The molecule has 1 atom stereocenters.